The van der Waals surface area contributed by atoms with Gasteiger partial charge in [0.15, 0.2) is 5.65 Å². The Labute approximate surface area is 194 Å². The predicted molar refractivity (Wildman–Crippen MR) is 129 cm³/mol. The number of benzene rings is 2. The summed E-state index contributed by atoms with van der Waals surface area (Å²) in [7, 11) is 0. The van der Waals surface area contributed by atoms with Gasteiger partial charge in [-0.3, -0.25) is 9.36 Å². The Bertz CT molecular complexity index is 1580. The SMILES string of the molecule is CCOc1ccc(-c2nc(Cn3c(=O)c4cccnc4n(-c4ccccc4)c3=O)c(C)o2)cc1. The van der Waals surface area contributed by atoms with Crippen LogP contribution in [-0.4, -0.2) is 25.7 Å². The molecule has 2 aromatic carbocycles. The first-order chi connectivity index (χ1) is 16.6. The Morgan fingerprint density at radius 3 is 2.47 bits per heavy atom. The van der Waals surface area contributed by atoms with Crippen LogP contribution in [-0.2, 0) is 6.54 Å². The molecule has 0 aliphatic heterocycles. The lowest BCUT2D eigenvalue weighted by Crippen LogP contribution is -2.40. The van der Waals surface area contributed by atoms with E-state index >= 15 is 0 Å². The third-order valence-electron chi connectivity index (χ3n) is 5.52. The predicted octanol–water partition coefficient (Wildman–Crippen LogP) is 3.96. The fourth-order valence-electron chi connectivity index (χ4n) is 3.84. The van der Waals surface area contributed by atoms with Gasteiger partial charge in [-0.25, -0.2) is 19.3 Å². The van der Waals surface area contributed by atoms with Gasteiger partial charge >= 0.3 is 5.69 Å². The van der Waals surface area contributed by atoms with Crippen LogP contribution in [0.4, 0.5) is 0 Å². The zero-order valence-electron chi connectivity index (χ0n) is 18.8. The summed E-state index contributed by atoms with van der Waals surface area (Å²) in [5.74, 6) is 1.70. The largest absolute Gasteiger partial charge is 0.494 e. The number of aryl methyl sites for hydroxylation is 1. The molecule has 0 saturated carbocycles. The van der Waals surface area contributed by atoms with Crippen LogP contribution in [0, 0.1) is 6.92 Å². The number of oxazole rings is 1. The van der Waals surface area contributed by atoms with Gasteiger partial charge < -0.3 is 9.15 Å². The highest BCUT2D eigenvalue weighted by molar-refractivity contribution is 5.75. The molecule has 0 unspecified atom stereocenters. The van der Waals surface area contributed by atoms with E-state index in [0.29, 0.717) is 40.7 Å². The summed E-state index contributed by atoms with van der Waals surface area (Å²) in [6.07, 6.45) is 1.57. The summed E-state index contributed by atoms with van der Waals surface area (Å²) in [5, 5.41) is 0.346. The molecule has 0 aliphatic carbocycles. The summed E-state index contributed by atoms with van der Waals surface area (Å²) in [6.45, 7) is 4.25. The second kappa shape index (κ2) is 8.82. The molecule has 3 heterocycles. The number of hydrogen-bond acceptors (Lipinski definition) is 6. The standard InChI is InChI=1S/C26H22N4O4/c1-3-33-20-13-11-18(12-14-20)24-28-22(17(2)34-24)16-29-25(31)21-10-7-15-27-23(21)30(26(29)32)19-8-5-4-6-9-19/h4-15H,3,16H2,1-2H3. The number of rotatable bonds is 6. The smallest absolute Gasteiger partial charge is 0.337 e. The fraction of sp³-hybridized carbons (Fsp3) is 0.154. The average molecular weight is 454 g/mol. The second-order valence-electron chi connectivity index (χ2n) is 7.70. The van der Waals surface area contributed by atoms with Crippen molar-refractivity contribution in [3.05, 3.63) is 105 Å². The average Bonchev–Trinajstić information content (AvgIpc) is 3.23. The third kappa shape index (κ3) is 3.79. The third-order valence-corrected chi connectivity index (χ3v) is 5.52. The zero-order valence-corrected chi connectivity index (χ0v) is 18.8. The maximum absolute atomic E-state index is 13.5. The van der Waals surface area contributed by atoms with Crippen molar-refractivity contribution in [1.29, 1.82) is 0 Å². The van der Waals surface area contributed by atoms with Crippen LogP contribution < -0.4 is 16.0 Å². The lowest BCUT2D eigenvalue weighted by atomic mass is 10.2. The Hall–Kier alpha value is -4.46. The quantitative estimate of drug-likeness (QED) is 0.386. The van der Waals surface area contributed by atoms with Crippen molar-refractivity contribution in [2.24, 2.45) is 0 Å². The van der Waals surface area contributed by atoms with Crippen molar-refractivity contribution in [3.63, 3.8) is 0 Å². The highest BCUT2D eigenvalue weighted by Crippen LogP contribution is 2.24. The number of fused-ring (bicyclic) bond motifs is 1. The minimum absolute atomic E-state index is 0.0261. The number of pyridine rings is 1. The van der Waals surface area contributed by atoms with Gasteiger partial charge in [-0.1, -0.05) is 18.2 Å². The van der Waals surface area contributed by atoms with Crippen LogP contribution in [0.5, 0.6) is 5.75 Å². The molecule has 0 radical (unpaired) electrons. The van der Waals surface area contributed by atoms with E-state index in [4.69, 9.17) is 9.15 Å². The van der Waals surface area contributed by atoms with Crippen LogP contribution in [0.2, 0.25) is 0 Å². The number of ether oxygens (including phenoxy) is 1. The molecule has 5 aromatic rings. The molecule has 8 heteroatoms. The number of para-hydroxylation sites is 1. The molecule has 0 N–H and O–H groups in total. The van der Waals surface area contributed by atoms with Gasteiger partial charge in [-0.05, 0) is 62.4 Å². The molecule has 5 rings (SSSR count). The van der Waals surface area contributed by atoms with Crippen molar-refractivity contribution < 1.29 is 9.15 Å². The van der Waals surface area contributed by atoms with Crippen molar-refractivity contribution in [3.8, 4) is 22.9 Å². The molecule has 0 amide bonds. The summed E-state index contributed by atoms with van der Waals surface area (Å²) < 4.78 is 14.0. The monoisotopic (exact) mass is 454 g/mol. The highest BCUT2D eigenvalue weighted by Gasteiger charge is 2.19. The topological polar surface area (TPSA) is 92.2 Å². The number of aromatic nitrogens is 4. The van der Waals surface area contributed by atoms with Gasteiger partial charge in [0.2, 0.25) is 5.89 Å². The van der Waals surface area contributed by atoms with Crippen molar-refractivity contribution >= 4 is 11.0 Å². The first-order valence-electron chi connectivity index (χ1n) is 10.9. The van der Waals surface area contributed by atoms with E-state index in [2.05, 4.69) is 9.97 Å². The van der Waals surface area contributed by atoms with Crippen LogP contribution in [0.15, 0.2) is 86.9 Å². The van der Waals surface area contributed by atoms with Gasteiger partial charge in [0.1, 0.15) is 17.2 Å². The first kappa shape index (κ1) is 21.4. The van der Waals surface area contributed by atoms with Gasteiger partial charge in [0.25, 0.3) is 5.56 Å². The van der Waals surface area contributed by atoms with Crippen molar-refractivity contribution in [2.45, 2.75) is 20.4 Å². The summed E-state index contributed by atoms with van der Waals surface area (Å²) in [4.78, 5) is 35.7. The summed E-state index contributed by atoms with van der Waals surface area (Å²) in [6, 6.07) is 19.9. The van der Waals surface area contributed by atoms with Gasteiger partial charge in [-0.2, -0.15) is 0 Å². The number of hydrogen-bond donors (Lipinski definition) is 0. The normalized spacial score (nSPS) is 11.1. The van der Waals surface area contributed by atoms with Gasteiger partial charge in [0, 0.05) is 11.8 Å². The molecular formula is C26H22N4O4. The van der Waals surface area contributed by atoms with E-state index in [9.17, 15) is 9.59 Å². The Balaban J connectivity index is 1.60. The van der Waals surface area contributed by atoms with E-state index < -0.39 is 11.2 Å². The maximum atomic E-state index is 13.5. The van der Waals surface area contributed by atoms with Gasteiger partial charge in [0.05, 0.1) is 24.2 Å². The Morgan fingerprint density at radius 2 is 1.74 bits per heavy atom. The second-order valence-corrected chi connectivity index (χ2v) is 7.70. The molecule has 3 aromatic heterocycles. The molecule has 0 saturated heterocycles. The van der Waals surface area contributed by atoms with Crippen LogP contribution in [0.1, 0.15) is 18.4 Å². The number of nitrogens with zero attached hydrogens (tertiary/aromatic N) is 4. The van der Waals surface area contributed by atoms with E-state index in [1.54, 1.807) is 37.4 Å². The van der Waals surface area contributed by atoms with E-state index in [1.807, 2.05) is 49.4 Å². The Morgan fingerprint density at radius 1 is 0.971 bits per heavy atom. The molecule has 0 spiro atoms. The molecule has 0 fully saturated rings. The molecule has 0 bridgehead atoms. The zero-order chi connectivity index (χ0) is 23.7. The van der Waals surface area contributed by atoms with Crippen molar-refractivity contribution in [2.75, 3.05) is 6.61 Å². The summed E-state index contributed by atoms with van der Waals surface area (Å²) in [5.41, 5.74) is 1.29. The minimum atomic E-state index is -0.493. The molecule has 8 nitrogen and oxygen atoms in total. The molecule has 0 aliphatic rings. The lowest BCUT2D eigenvalue weighted by molar-refractivity contribution is 0.340. The molecule has 0 atom stereocenters. The molecule has 170 valence electrons. The van der Waals surface area contributed by atoms with Crippen molar-refractivity contribution in [1.82, 2.24) is 19.1 Å². The van der Waals surface area contributed by atoms with E-state index in [1.165, 1.54) is 9.13 Å². The maximum Gasteiger partial charge on any atom is 0.337 e. The highest BCUT2D eigenvalue weighted by atomic mass is 16.5. The molecular weight excluding hydrogens is 432 g/mol. The van der Waals surface area contributed by atoms with Crippen LogP contribution in [0.25, 0.3) is 28.2 Å². The lowest BCUT2D eigenvalue weighted by Gasteiger charge is -2.12. The minimum Gasteiger partial charge on any atom is -0.494 e. The van der Waals surface area contributed by atoms with E-state index in [-0.39, 0.29) is 6.54 Å². The Kier molecular flexibility index (Phi) is 5.55. The van der Waals surface area contributed by atoms with E-state index in [0.717, 1.165) is 11.3 Å². The van der Waals surface area contributed by atoms with Gasteiger partial charge in [-0.15, -0.1) is 0 Å². The fourth-order valence-corrected chi connectivity index (χ4v) is 3.84. The summed E-state index contributed by atoms with van der Waals surface area (Å²) >= 11 is 0. The van der Waals surface area contributed by atoms with Crippen LogP contribution in [0.3, 0.4) is 0 Å². The first-order valence-corrected chi connectivity index (χ1v) is 10.9. The van der Waals surface area contributed by atoms with Crippen LogP contribution >= 0.6 is 0 Å². The molecule has 34 heavy (non-hydrogen) atoms.